The molecule has 2 fully saturated rings. The molecule has 1 atom stereocenters. The van der Waals surface area contributed by atoms with Crippen LogP contribution in [0.3, 0.4) is 0 Å². The number of anilines is 2. The van der Waals surface area contributed by atoms with Crippen LogP contribution in [0.1, 0.15) is 75.3 Å². The number of nitrogen functional groups attached to an aromatic ring is 1. The number of piperazine rings is 1. The number of rotatable bonds is 5. The number of nitrogens with zero attached hydrogens (tertiary/aromatic N) is 7. The minimum atomic E-state index is -0.617. The van der Waals surface area contributed by atoms with Crippen molar-refractivity contribution in [3.8, 4) is 23.3 Å². The second-order valence-corrected chi connectivity index (χ2v) is 14.6. The van der Waals surface area contributed by atoms with Crippen LogP contribution in [-0.4, -0.2) is 89.0 Å². The van der Waals surface area contributed by atoms with Gasteiger partial charge in [-0.1, -0.05) is 5.16 Å². The molecule has 0 bridgehead atoms. The third-order valence-electron chi connectivity index (χ3n) is 8.89. The molecule has 5 heterocycles. The van der Waals surface area contributed by atoms with Crippen molar-refractivity contribution in [1.82, 2.24) is 24.9 Å². The molecule has 1 amide bonds. The molecule has 12 nitrogen and oxygen atoms in total. The molecule has 13 heteroatoms. The van der Waals surface area contributed by atoms with Crippen molar-refractivity contribution < 1.29 is 18.8 Å². The lowest BCUT2D eigenvalue weighted by molar-refractivity contribution is 0.0126. The minimum absolute atomic E-state index is 0.0619. The van der Waals surface area contributed by atoms with Crippen LogP contribution in [0.25, 0.3) is 11.5 Å². The average Bonchev–Trinajstić information content (AvgIpc) is 3.63. The Morgan fingerprint density at radius 2 is 1.89 bits per heavy atom. The Bertz CT molecular complexity index is 1590. The summed E-state index contributed by atoms with van der Waals surface area (Å²) < 4.78 is 18.0. The van der Waals surface area contributed by atoms with Crippen molar-refractivity contribution in [1.29, 1.82) is 5.26 Å². The van der Waals surface area contributed by atoms with E-state index in [1.54, 1.807) is 4.90 Å². The topological polar surface area (TPSA) is 147 Å². The summed E-state index contributed by atoms with van der Waals surface area (Å²) in [6.07, 6.45) is 3.63. The number of likely N-dealkylation sites (tertiary alicyclic amines) is 1. The smallest absolute Gasteiger partial charge is 0.410 e. The molecule has 6 rings (SSSR count). The molecule has 1 unspecified atom stereocenters. The van der Waals surface area contributed by atoms with Gasteiger partial charge in [-0.15, -0.1) is 11.3 Å². The maximum atomic E-state index is 12.6. The van der Waals surface area contributed by atoms with Crippen LogP contribution in [-0.2, 0) is 16.6 Å². The van der Waals surface area contributed by atoms with Crippen LogP contribution < -0.4 is 15.4 Å². The van der Waals surface area contributed by atoms with Gasteiger partial charge in [0.25, 0.3) is 0 Å². The summed E-state index contributed by atoms with van der Waals surface area (Å²) in [6, 6.07) is 6.16. The Kier molecular flexibility index (Phi) is 8.39. The monoisotopic (exact) mass is 634 g/mol. The van der Waals surface area contributed by atoms with Gasteiger partial charge in [0.2, 0.25) is 11.7 Å². The summed E-state index contributed by atoms with van der Waals surface area (Å²) in [4.78, 5) is 29.8. The van der Waals surface area contributed by atoms with Crippen LogP contribution >= 0.6 is 11.3 Å². The average molecular weight is 635 g/mol. The number of carbonyl (C=O) groups excluding carboxylic acids is 1. The molecular formula is C32H42N8O4S. The molecule has 2 saturated heterocycles. The molecule has 2 aliphatic heterocycles. The molecule has 3 aromatic rings. The molecule has 3 aromatic heterocycles. The number of nitriles is 1. The van der Waals surface area contributed by atoms with Gasteiger partial charge in [-0.25, -0.2) is 9.78 Å². The predicted octanol–water partition coefficient (Wildman–Crippen LogP) is 4.82. The van der Waals surface area contributed by atoms with Gasteiger partial charge in [-0.2, -0.15) is 10.2 Å². The zero-order chi connectivity index (χ0) is 31.9. The number of aryl methyl sites for hydroxylation is 1. The Hall–Kier alpha value is -3.89. The number of pyridine rings is 1. The predicted molar refractivity (Wildman–Crippen MR) is 172 cm³/mol. The highest BCUT2D eigenvalue weighted by molar-refractivity contribution is 7.16. The summed E-state index contributed by atoms with van der Waals surface area (Å²) in [6.45, 7) is 12.4. The highest BCUT2D eigenvalue weighted by atomic mass is 32.1. The third kappa shape index (κ3) is 6.44. The van der Waals surface area contributed by atoms with E-state index in [4.69, 9.17) is 29.7 Å². The van der Waals surface area contributed by atoms with E-state index in [0.717, 1.165) is 61.7 Å². The maximum absolute atomic E-state index is 12.6. The number of fused-ring (bicyclic) bond motifs is 1. The number of piperidine rings is 1. The molecule has 0 saturated carbocycles. The van der Waals surface area contributed by atoms with Crippen LogP contribution in [0.15, 0.2) is 16.7 Å². The Morgan fingerprint density at radius 3 is 2.58 bits per heavy atom. The summed E-state index contributed by atoms with van der Waals surface area (Å²) in [5.74, 6) is 2.31. The molecule has 0 radical (unpaired) electrons. The van der Waals surface area contributed by atoms with Crippen molar-refractivity contribution in [2.24, 2.45) is 0 Å². The fourth-order valence-corrected chi connectivity index (χ4v) is 7.60. The number of aromatic nitrogens is 3. The number of hydrogen-bond acceptors (Lipinski definition) is 12. The number of thiophene rings is 1. The van der Waals surface area contributed by atoms with E-state index in [2.05, 4.69) is 35.0 Å². The van der Waals surface area contributed by atoms with Crippen LogP contribution in [0, 0.1) is 11.3 Å². The third-order valence-corrected chi connectivity index (χ3v) is 9.97. The number of hydrogen-bond donors (Lipinski definition) is 1. The standard InChI is InChI=1S/C32H42N8O4S/c1-31(2,3)43-30(41)40-11-8-20(9-12-40)42-21-17-23(35-25(18-21)39-15-13-38(5)14-16-39)28-36-29(44-37-28)32(4)10-6-7-24-26(32)22(19-33)27(34)45-24/h17-18,20H,6-16,34H2,1-5H3. The normalized spacial score (nSPS) is 21.3. The van der Waals surface area contributed by atoms with E-state index in [0.29, 0.717) is 59.7 Å². The van der Waals surface area contributed by atoms with Crippen LogP contribution in [0.2, 0.25) is 0 Å². The van der Waals surface area contributed by atoms with Gasteiger partial charge in [0.15, 0.2) is 0 Å². The molecule has 0 spiro atoms. The molecular weight excluding hydrogens is 592 g/mol. The number of carbonyl (C=O) groups is 1. The van der Waals surface area contributed by atoms with Crippen molar-refractivity contribution in [2.45, 2.75) is 76.9 Å². The zero-order valence-corrected chi connectivity index (χ0v) is 27.6. The van der Waals surface area contributed by atoms with Gasteiger partial charge in [-0.3, -0.25) is 0 Å². The largest absolute Gasteiger partial charge is 0.490 e. The molecule has 0 aromatic carbocycles. The van der Waals surface area contributed by atoms with E-state index in [-0.39, 0.29) is 12.2 Å². The lowest BCUT2D eigenvalue weighted by Crippen LogP contribution is -2.45. The van der Waals surface area contributed by atoms with E-state index in [1.807, 2.05) is 32.9 Å². The second-order valence-electron chi connectivity index (χ2n) is 13.5. The first-order valence-corrected chi connectivity index (χ1v) is 16.5. The highest BCUT2D eigenvalue weighted by Crippen LogP contribution is 2.48. The fourth-order valence-electron chi connectivity index (χ4n) is 6.41. The van der Waals surface area contributed by atoms with Crippen molar-refractivity contribution >= 4 is 28.2 Å². The van der Waals surface area contributed by atoms with Gasteiger partial charge in [0.1, 0.15) is 40.0 Å². The minimum Gasteiger partial charge on any atom is -0.490 e. The Balaban J connectivity index is 1.27. The Labute approximate surface area is 268 Å². The van der Waals surface area contributed by atoms with Crippen LogP contribution in [0.4, 0.5) is 15.6 Å². The van der Waals surface area contributed by atoms with Gasteiger partial charge < -0.3 is 34.4 Å². The SMILES string of the molecule is CN1CCN(c2cc(OC3CCN(C(=O)OC(C)(C)C)CC3)cc(-c3noc(C4(C)CCCc5sc(N)c(C#N)c54)n3)n2)CC1. The van der Waals surface area contributed by atoms with Gasteiger partial charge in [0, 0.05) is 74.7 Å². The second kappa shape index (κ2) is 12.1. The van der Waals surface area contributed by atoms with E-state index >= 15 is 0 Å². The summed E-state index contributed by atoms with van der Waals surface area (Å²) in [7, 11) is 2.12. The molecule has 240 valence electrons. The zero-order valence-electron chi connectivity index (χ0n) is 26.8. The summed E-state index contributed by atoms with van der Waals surface area (Å²) >= 11 is 1.48. The highest BCUT2D eigenvalue weighted by Gasteiger charge is 2.43. The first-order chi connectivity index (χ1) is 21.4. The fraction of sp³-hybridized carbons (Fsp3) is 0.594. The summed E-state index contributed by atoms with van der Waals surface area (Å²) in [5.41, 5.74) is 7.08. The van der Waals surface area contributed by atoms with Gasteiger partial charge >= 0.3 is 6.09 Å². The Morgan fingerprint density at radius 1 is 1.16 bits per heavy atom. The molecule has 1 aliphatic carbocycles. The first-order valence-electron chi connectivity index (χ1n) is 15.7. The van der Waals surface area contributed by atoms with E-state index in [9.17, 15) is 10.1 Å². The van der Waals surface area contributed by atoms with Gasteiger partial charge in [0.05, 0.1) is 11.0 Å². The van der Waals surface area contributed by atoms with Gasteiger partial charge in [-0.05, 0) is 54.0 Å². The van der Waals surface area contributed by atoms with Crippen molar-refractivity contribution in [3.63, 3.8) is 0 Å². The maximum Gasteiger partial charge on any atom is 0.410 e. The van der Waals surface area contributed by atoms with Crippen molar-refractivity contribution in [3.05, 3.63) is 34.0 Å². The molecule has 45 heavy (non-hydrogen) atoms. The number of nitrogens with two attached hydrogens (primary N) is 1. The summed E-state index contributed by atoms with van der Waals surface area (Å²) in [5, 5.41) is 14.8. The number of amides is 1. The number of likely N-dealkylation sites (N-methyl/N-ethyl adjacent to an activating group) is 1. The van der Waals surface area contributed by atoms with Crippen LogP contribution in [0.5, 0.6) is 5.75 Å². The van der Waals surface area contributed by atoms with E-state index < -0.39 is 11.0 Å². The van der Waals surface area contributed by atoms with E-state index in [1.165, 1.54) is 11.3 Å². The lowest BCUT2D eigenvalue weighted by Gasteiger charge is -2.34. The molecule has 2 N–H and O–H groups in total. The van der Waals surface area contributed by atoms with Crippen molar-refractivity contribution in [2.75, 3.05) is 56.9 Å². The lowest BCUT2D eigenvalue weighted by atomic mass is 9.72. The number of ether oxygens (including phenoxy) is 2. The molecule has 3 aliphatic rings. The first kappa shape index (κ1) is 31.1. The quantitative estimate of drug-likeness (QED) is 0.412.